The Morgan fingerprint density at radius 1 is 1.03 bits per heavy atom. The Kier molecular flexibility index (Phi) is 6.67. The van der Waals surface area contributed by atoms with E-state index in [1.807, 2.05) is 31.2 Å². The van der Waals surface area contributed by atoms with Crippen molar-refractivity contribution < 1.29 is 14.3 Å². The molecular formula is C24H29N3O3. The van der Waals surface area contributed by atoms with Crippen LogP contribution in [0, 0.1) is 0 Å². The highest BCUT2D eigenvalue weighted by Gasteiger charge is 2.25. The van der Waals surface area contributed by atoms with Gasteiger partial charge in [-0.15, -0.1) is 0 Å². The number of nitrogens with one attached hydrogen (secondary N) is 1. The number of carbonyl (C=O) groups is 1. The lowest BCUT2D eigenvalue weighted by atomic mass is 10.2. The molecule has 30 heavy (non-hydrogen) atoms. The van der Waals surface area contributed by atoms with Crippen LogP contribution in [0.15, 0.2) is 54.6 Å². The van der Waals surface area contributed by atoms with Crippen molar-refractivity contribution in [2.45, 2.75) is 13.0 Å². The van der Waals surface area contributed by atoms with Crippen molar-refractivity contribution in [1.82, 2.24) is 9.80 Å². The molecule has 0 unspecified atom stereocenters. The predicted molar refractivity (Wildman–Crippen MR) is 119 cm³/mol. The van der Waals surface area contributed by atoms with Crippen molar-refractivity contribution in [2.75, 3.05) is 51.3 Å². The Balaban J connectivity index is 1.24. The SMILES string of the molecule is C[C@@H](C(=O)Nc1ccc2c(c1)OCCO2)N1CCN(C/C=C/c2ccccc2)CC1. The molecular weight excluding hydrogens is 378 g/mol. The maximum atomic E-state index is 12.7. The standard InChI is InChI=1S/C24H29N3O3/c1-19(24(28)25-21-9-10-22-23(18-21)30-17-16-29-22)27-14-12-26(13-15-27)11-5-8-20-6-3-2-4-7-20/h2-10,18-19H,11-17H2,1H3,(H,25,28)/b8-5+/t19-/m0/s1. The molecule has 2 aromatic carbocycles. The summed E-state index contributed by atoms with van der Waals surface area (Å²) in [5, 5.41) is 3.01. The van der Waals surface area contributed by atoms with E-state index in [9.17, 15) is 4.79 Å². The molecule has 6 nitrogen and oxygen atoms in total. The Morgan fingerprint density at radius 2 is 1.77 bits per heavy atom. The van der Waals surface area contributed by atoms with Crippen LogP contribution >= 0.6 is 0 Å². The number of anilines is 1. The van der Waals surface area contributed by atoms with Crippen LogP contribution in [0.3, 0.4) is 0 Å². The lowest BCUT2D eigenvalue weighted by Crippen LogP contribution is -2.52. The number of fused-ring (bicyclic) bond motifs is 1. The summed E-state index contributed by atoms with van der Waals surface area (Å²) in [7, 11) is 0. The molecule has 4 rings (SSSR count). The first-order valence-corrected chi connectivity index (χ1v) is 10.6. The molecule has 2 aromatic rings. The highest BCUT2D eigenvalue weighted by molar-refractivity contribution is 5.94. The molecule has 0 spiro atoms. The molecule has 0 saturated carbocycles. The summed E-state index contributed by atoms with van der Waals surface area (Å²) in [5.41, 5.74) is 1.96. The lowest BCUT2D eigenvalue weighted by Gasteiger charge is -2.37. The molecule has 6 heteroatoms. The molecule has 0 aromatic heterocycles. The summed E-state index contributed by atoms with van der Waals surface area (Å²) in [4.78, 5) is 17.4. The molecule has 0 bridgehead atoms. The Labute approximate surface area is 178 Å². The predicted octanol–water partition coefficient (Wildman–Crippen LogP) is 3.12. The van der Waals surface area contributed by atoms with Gasteiger partial charge in [0.25, 0.3) is 0 Å². The minimum Gasteiger partial charge on any atom is -0.486 e. The number of nitrogens with zero attached hydrogens (tertiary/aromatic N) is 2. The van der Waals surface area contributed by atoms with Crippen LogP contribution in [0.2, 0.25) is 0 Å². The van der Waals surface area contributed by atoms with Crippen molar-refractivity contribution in [1.29, 1.82) is 0 Å². The van der Waals surface area contributed by atoms with E-state index in [2.05, 4.69) is 51.5 Å². The molecule has 1 N–H and O–H groups in total. The molecule has 1 saturated heterocycles. The average Bonchev–Trinajstić information content (AvgIpc) is 2.80. The number of benzene rings is 2. The van der Waals surface area contributed by atoms with Crippen LogP contribution in [0.5, 0.6) is 11.5 Å². The van der Waals surface area contributed by atoms with Crippen LogP contribution in [0.1, 0.15) is 12.5 Å². The molecule has 2 heterocycles. The average molecular weight is 408 g/mol. The van der Waals surface area contributed by atoms with Crippen LogP contribution in [0.4, 0.5) is 5.69 Å². The van der Waals surface area contributed by atoms with E-state index in [-0.39, 0.29) is 11.9 Å². The van der Waals surface area contributed by atoms with E-state index in [1.54, 1.807) is 0 Å². The third kappa shape index (κ3) is 5.20. The molecule has 2 aliphatic rings. The first kappa shape index (κ1) is 20.4. The Hall–Kier alpha value is -2.83. The highest BCUT2D eigenvalue weighted by atomic mass is 16.6. The van der Waals surface area contributed by atoms with Gasteiger partial charge in [0.1, 0.15) is 13.2 Å². The van der Waals surface area contributed by atoms with Crippen molar-refractivity contribution in [3.05, 3.63) is 60.2 Å². The third-order valence-electron chi connectivity index (χ3n) is 5.62. The maximum Gasteiger partial charge on any atom is 0.241 e. The van der Waals surface area contributed by atoms with E-state index >= 15 is 0 Å². The number of carbonyl (C=O) groups excluding carboxylic acids is 1. The van der Waals surface area contributed by atoms with E-state index in [4.69, 9.17) is 9.47 Å². The zero-order valence-corrected chi connectivity index (χ0v) is 17.4. The van der Waals surface area contributed by atoms with Gasteiger partial charge in [-0.2, -0.15) is 0 Å². The fraction of sp³-hybridized carbons (Fsp3) is 0.375. The second kappa shape index (κ2) is 9.78. The zero-order chi connectivity index (χ0) is 20.8. The van der Waals surface area contributed by atoms with E-state index in [0.717, 1.165) is 44.2 Å². The van der Waals surface area contributed by atoms with Gasteiger partial charge in [0.2, 0.25) is 5.91 Å². The molecule has 1 amide bonds. The molecule has 0 aliphatic carbocycles. The van der Waals surface area contributed by atoms with Crippen molar-refractivity contribution >= 4 is 17.7 Å². The minimum atomic E-state index is -0.180. The van der Waals surface area contributed by atoms with Crippen LogP contribution < -0.4 is 14.8 Å². The quantitative estimate of drug-likeness (QED) is 0.798. The number of ether oxygens (including phenoxy) is 2. The van der Waals surface area contributed by atoms with Gasteiger partial charge in [0.05, 0.1) is 6.04 Å². The second-order valence-corrected chi connectivity index (χ2v) is 7.67. The minimum absolute atomic E-state index is 0.00380. The van der Waals surface area contributed by atoms with Gasteiger partial charge in [0, 0.05) is 44.5 Å². The van der Waals surface area contributed by atoms with E-state index < -0.39 is 0 Å². The summed E-state index contributed by atoms with van der Waals surface area (Å²) in [6.07, 6.45) is 4.37. The summed E-state index contributed by atoms with van der Waals surface area (Å²) >= 11 is 0. The monoisotopic (exact) mass is 407 g/mol. The largest absolute Gasteiger partial charge is 0.486 e. The van der Waals surface area contributed by atoms with Gasteiger partial charge in [-0.05, 0) is 24.6 Å². The van der Waals surface area contributed by atoms with Crippen LogP contribution in [0.25, 0.3) is 6.08 Å². The maximum absolute atomic E-state index is 12.7. The fourth-order valence-corrected chi connectivity index (χ4v) is 3.77. The van der Waals surface area contributed by atoms with Gasteiger partial charge < -0.3 is 14.8 Å². The fourth-order valence-electron chi connectivity index (χ4n) is 3.77. The van der Waals surface area contributed by atoms with Crippen molar-refractivity contribution in [3.8, 4) is 11.5 Å². The molecule has 158 valence electrons. The van der Waals surface area contributed by atoms with Crippen LogP contribution in [-0.4, -0.2) is 67.7 Å². The first-order chi connectivity index (χ1) is 14.7. The first-order valence-electron chi connectivity index (χ1n) is 10.6. The second-order valence-electron chi connectivity index (χ2n) is 7.67. The number of rotatable bonds is 6. The third-order valence-corrected chi connectivity index (χ3v) is 5.62. The van der Waals surface area contributed by atoms with Gasteiger partial charge in [-0.25, -0.2) is 0 Å². The summed E-state index contributed by atoms with van der Waals surface area (Å²) in [6.45, 7) is 7.68. The normalized spacial score (nSPS) is 18.3. The van der Waals surface area contributed by atoms with Gasteiger partial charge in [-0.3, -0.25) is 14.6 Å². The van der Waals surface area contributed by atoms with Crippen LogP contribution in [-0.2, 0) is 4.79 Å². The van der Waals surface area contributed by atoms with E-state index in [1.165, 1.54) is 5.56 Å². The number of hydrogen-bond donors (Lipinski definition) is 1. The number of hydrogen-bond acceptors (Lipinski definition) is 5. The molecule has 2 aliphatic heterocycles. The molecule has 0 radical (unpaired) electrons. The summed E-state index contributed by atoms with van der Waals surface area (Å²) < 4.78 is 11.1. The Bertz CT molecular complexity index is 877. The molecule has 1 fully saturated rings. The zero-order valence-electron chi connectivity index (χ0n) is 17.4. The van der Waals surface area contributed by atoms with Gasteiger partial charge in [-0.1, -0.05) is 42.5 Å². The highest BCUT2D eigenvalue weighted by Crippen LogP contribution is 2.32. The smallest absolute Gasteiger partial charge is 0.241 e. The van der Waals surface area contributed by atoms with Gasteiger partial charge in [0.15, 0.2) is 11.5 Å². The lowest BCUT2D eigenvalue weighted by molar-refractivity contribution is -0.121. The van der Waals surface area contributed by atoms with Gasteiger partial charge >= 0.3 is 0 Å². The summed E-state index contributed by atoms with van der Waals surface area (Å²) in [5.74, 6) is 1.41. The van der Waals surface area contributed by atoms with Crippen molar-refractivity contribution in [3.63, 3.8) is 0 Å². The summed E-state index contributed by atoms with van der Waals surface area (Å²) in [6, 6.07) is 15.7. The topological polar surface area (TPSA) is 54.0 Å². The number of amides is 1. The number of piperazine rings is 1. The Morgan fingerprint density at radius 3 is 2.53 bits per heavy atom. The molecule has 1 atom stereocenters. The van der Waals surface area contributed by atoms with E-state index in [0.29, 0.717) is 19.0 Å². The van der Waals surface area contributed by atoms with Crippen molar-refractivity contribution in [2.24, 2.45) is 0 Å².